The van der Waals surface area contributed by atoms with Crippen LogP contribution in [0.1, 0.15) is 61.1 Å². The molecule has 0 aliphatic rings. The van der Waals surface area contributed by atoms with E-state index in [1.807, 2.05) is 13.0 Å². The number of hydrogen-bond acceptors (Lipinski definition) is 7. The Morgan fingerprint density at radius 3 is 2.32 bits per heavy atom. The highest BCUT2D eigenvalue weighted by Crippen LogP contribution is 2.35. The minimum absolute atomic E-state index is 0.0159. The van der Waals surface area contributed by atoms with Gasteiger partial charge in [-0.15, -0.1) is 11.3 Å². The minimum Gasteiger partial charge on any atom is -0.336 e. The number of anilines is 2. The number of ketones is 1. The van der Waals surface area contributed by atoms with Crippen LogP contribution < -0.4 is 10.0 Å². The van der Waals surface area contributed by atoms with Crippen molar-refractivity contribution in [3.05, 3.63) is 54.9 Å². The lowest BCUT2D eigenvalue weighted by Gasteiger charge is -2.16. The predicted octanol–water partition coefficient (Wildman–Crippen LogP) is 5.82. The number of carbonyl (C=O) groups excluding carboxylic acids is 2. The first-order valence-electron chi connectivity index (χ1n) is 10.5. The van der Waals surface area contributed by atoms with Crippen molar-refractivity contribution in [2.45, 2.75) is 53.4 Å². The van der Waals surface area contributed by atoms with E-state index in [2.05, 4.69) is 15.2 Å². The first-order valence-corrected chi connectivity index (χ1v) is 13.1. The molecule has 182 valence electrons. The highest BCUT2D eigenvalue weighted by molar-refractivity contribution is 7.93. The topological polar surface area (TPSA) is 118 Å². The van der Waals surface area contributed by atoms with Crippen molar-refractivity contribution in [2.24, 2.45) is 5.92 Å². The lowest BCUT2D eigenvalue weighted by molar-refractivity contribution is 0.0940. The van der Waals surface area contributed by atoms with E-state index in [0.717, 1.165) is 16.9 Å². The third-order valence-corrected chi connectivity index (χ3v) is 8.61. The number of hydrogen-bond donors (Lipinski definition) is 2. The molecule has 0 saturated heterocycles. The number of nitrogens with one attached hydrogen (secondary N) is 2. The summed E-state index contributed by atoms with van der Waals surface area (Å²) in [5, 5.41) is 6.47. The number of halogens is 1. The van der Waals surface area contributed by atoms with Gasteiger partial charge in [-0.2, -0.15) is 0 Å². The molecule has 0 bridgehead atoms. The molecule has 11 heteroatoms. The summed E-state index contributed by atoms with van der Waals surface area (Å²) in [6, 6.07) is 3.58. The van der Waals surface area contributed by atoms with Gasteiger partial charge >= 0.3 is 0 Å². The Hall–Kier alpha value is -2.69. The largest absolute Gasteiger partial charge is 0.336 e. The van der Waals surface area contributed by atoms with Gasteiger partial charge in [0.1, 0.15) is 20.5 Å². The number of nitrogens with zero attached hydrogens (tertiary/aromatic N) is 1. The Labute approximate surface area is 207 Å². The molecule has 0 aliphatic carbocycles. The highest BCUT2D eigenvalue weighted by Gasteiger charge is 2.31. The maximum atomic E-state index is 13.4. The van der Waals surface area contributed by atoms with E-state index < -0.39 is 15.9 Å². The summed E-state index contributed by atoms with van der Waals surface area (Å²) < 4.78 is 33.8. The van der Waals surface area contributed by atoms with E-state index in [4.69, 9.17) is 16.1 Å². The van der Waals surface area contributed by atoms with Crippen molar-refractivity contribution in [3.63, 3.8) is 0 Å². The van der Waals surface area contributed by atoms with Crippen LogP contribution in [-0.2, 0) is 10.0 Å². The summed E-state index contributed by atoms with van der Waals surface area (Å²) in [6.45, 7) is 12.1. The predicted molar refractivity (Wildman–Crippen MR) is 134 cm³/mol. The fourth-order valence-corrected chi connectivity index (χ4v) is 6.50. The lowest BCUT2D eigenvalue weighted by Crippen LogP contribution is -2.21. The summed E-state index contributed by atoms with van der Waals surface area (Å²) in [7, 11) is -4.24. The third kappa shape index (κ3) is 4.89. The van der Waals surface area contributed by atoms with Crippen LogP contribution in [0.3, 0.4) is 0 Å². The molecule has 0 aliphatic heterocycles. The van der Waals surface area contributed by atoms with Crippen molar-refractivity contribution < 1.29 is 22.5 Å². The van der Waals surface area contributed by atoms with Crippen molar-refractivity contribution in [3.8, 4) is 0 Å². The standard InChI is InChI=1S/C23H26ClN3O5S2/c1-10(2)19(28)16-9-11(3)8-12(4)18(16)25-22(29)20-21(13(5)15(7)33-20)34(30,31)27-23-17(24)14(6)26-32-23/h8-10,27H,1-7H3,(H,25,29). The number of thiophene rings is 1. The fourth-order valence-electron chi connectivity index (χ4n) is 3.48. The molecule has 0 radical (unpaired) electrons. The molecule has 1 aromatic carbocycles. The number of rotatable bonds is 7. The van der Waals surface area contributed by atoms with Crippen molar-refractivity contribution in [1.82, 2.24) is 5.16 Å². The SMILES string of the molecule is Cc1cc(C)c(NC(=O)c2sc(C)c(C)c2S(=O)(=O)Nc2onc(C)c2Cl)c(C(=O)C(C)C)c1. The summed E-state index contributed by atoms with van der Waals surface area (Å²) in [6.07, 6.45) is 0. The number of aryl methyl sites for hydroxylation is 4. The molecule has 1 amide bonds. The van der Waals surface area contributed by atoms with Crippen LogP contribution in [0, 0.1) is 40.5 Å². The van der Waals surface area contributed by atoms with Crippen molar-refractivity contribution in [2.75, 3.05) is 10.0 Å². The maximum Gasteiger partial charge on any atom is 0.267 e. The van der Waals surface area contributed by atoms with Crippen LogP contribution in [-0.4, -0.2) is 25.3 Å². The Bertz CT molecular complexity index is 1400. The van der Waals surface area contributed by atoms with Crippen LogP contribution in [0.2, 0.25) is 5.02 Å². The van der Waals surface area contributed by atoms with Gasteiger partial charge in [0.25, 0.3) is 21.8 Å². The number of benzene rings is 1. The summed E-state index contributed by atoms with van der Waals surface area (Å²) >= 11 is 7.12. The normalized spacial score (nSPS) is 11.7. The lowest BCUT2D eigenvalue weighted by atomic mass is 9.95. The summed E-state index contributed by atoms with van der Waals surface area (Å²) in [5.41, 5.74) is 3.09. The van der Waals surface area contributed by atoms with Gasteiger partial charge in [-0.1, -0.05) is 36.7 Å². The molecular formula is C23H26ClN3O5S2. The second-order valence-electron chi connectivity index (χ2n) is 8.44. The Balaban J connectivity index is 2.07. The van der Waals surface area contributed by atoms with E-state index in [1.54, 1.807) is 47.6 Å². The number of amides is 1. The summed E-state index contributed by atoms with van der Waals surface area (Å²) in [5.74, 6) is -1.26. The van der Waals surface area contributed by atoms with Gasteiger partial charge < -0.3 is 9.84 Å². The zero-order chi connectivity index (χ0) is 25.5. The highest BCUT2D eigenvalue weighted by atomic mass is 35.5. The number of sulfonamides is 1. The van der Waals surface area contributed by atoms with E-state index >= 15 is 0 Å². The Morgan fingerprint density at radius 2 is 1.76 bits per heavy atom. The van der Waals surface area contributed by atoms with Crippen LogP contribution in [0.4, 0.5) is 11.6 Å². The molecule has 34 heavy (non-hydrogen) atoms. The fraction of sp³-hybridized carbons (Fsp3) is 0.348. The van der Waals surface area contributed by atoms with Crippen molar-refractivity contribution >= 4 is 56.2 Å². The first kappa shape index (κ1) is 25.9. The first-order chi connectivity index (χ1) is 15.7. The van der Waals surface area contributed by atoms with Gasteiger partial charge in [0.05, 0.1) is 5.69 Å². The van der Waals surface area contributed by atoms with Gasteiger partial charge in [0.15, 0.2) is 5.78 Å². The molecular weight excluding hydrogens is 498 g/mol. The van der Waals surface area contributed by atoms with E-state index in [0.29, 0.717) is 32.9 Å². The van der Waals surface area contributed by atoms with E-state index in [9.17, 15) is 18.0 Å². The zero-order valence-corrected chi connectivity index (χ0v) is 22.3. The molecule has 2 heterocycles. The average Bonchev–Trinajstić information content (AvgIpc) is 3.22. The van der Waals surface area contributed by atoms with Crippen LogP contribution in [0.25, 0.3) is 0 Å². The molecule has 3 rings (SSSR count). The molecule has 2 N–H and O–H groups in total. The molecule has 3 aromatic rings. The molecule has 0 unspecified atom stereocenters. The summed E-state index contributed by atoms with van der Waals surface area (Å²) in [4.78, 5) is 26.7. The van der Waals surface area contributed by atoms with Crippen LogP contribution in [0.5, 0.6) is 0 Å². The molecule has 8 nitrogen and oxygen atoms in total. The van der Waals surface area contributed by atoms with Gasteiger partial charge in [-0.3, -0.25) is 9.59 Å². The van der Waals surface area contributed by atoms with Gasteiger partial charge in [-0.05, 0) is 57.4 Å². The van der Waals surface area contributed by atoms with Gasteiger partial charge in [0.2, 0.25) is 0 Å². The zero-order valence-electron chi connectivity index (χ0n) is 19.9. The molecule has 0 spiro atoms. The average molecular weight is 524 g/mol. The smallest absolute Gasteiger partial charge is 0.267 e. The third-order valence-electron chi connectivity index (χ3n) is 5.33. The van der Waals surface area contributed by atoms with Gasteiger partial charge in [-0.25, -0.2) is 13.1 Å². The molecule has 0 atom stereocenters. The van der Waals surface area contributed by atoms with E-state index in [-0.39, 0.29) is 32.4 Å². The Kier molecular flexibility index (Phi) is 7.26. The molecule has 0 saturated carbocycles. The quantitative estimate of drug-likeness (QED) is 0.376. The molecule has 0 fully saturated rings. The van der Waals surface area contributed by atoms with Gasteiger partial charge in [0, 0.05) is 16.4 Å². The number of carbonyl (C=O) groups is 2. The second kappa shape index (κ2) is 9.52. The maximum absolute atomic E-state index is 13.4. The van der Waals surface area contributed by atoms with Crippen LogP contribution in [0.15, 0.2) is 21.6 Å². The Morgan fingerprint density at radius 1 is 1.12 bits per heavy atom. The monoisotopic (exact) mass is 523 g/mol. The van der Waals surface area contributed by atoms with E-state index in [1.165, 1.54) is 0 Å². The van der Waals surface area contributed by atoms with Crippen LogP contribution >= 0.6 is 22.9 Å². The number of Topliss-reactive ketones (excluding diaryl/α,β-unsaturated/α-hetero) is 1. The number of aromatic nitrogens is 1. The molecule has 2 aromatic heterocycles. The second-order valence-corrected chi connectivity index (χ2v) is 11.7. The van der Waals surface area contributed by atoms with Crippen molar-refractivity contribution in [1.29, 1.82) is 0 Å². The minimum atomic E-state index is -4.24.